The first-order valence-corrected chi connectivity index (χ1v) is 20.1. The Morgan fingerprint density at radius 1 is 0.424 bits per heavy atom. The fourth-order valence-corrected chi connectivity index (χ4v) is 9.14. The molecule has 1 aromatic heterocycles. The van der Waals surface area contributed by atoms with E-state index in [2.05, 4.69) is 129 Å². The van der Waals surface area contributed by atoms with Crippen LogP contribution in [0.4, 0.5) is 17.1 Å². The van der Waals surface area contributed by atoms with Crippen LogP contribution in [0.3, 0.4) is 0 Å². The molecule has 0 fully saturated rings. The van der Waals surface area contributed by atoms with Crippen molar-refractivity contribution in [1.29, 1.82) is 0 Å². The summed E-state index contributed by atoms with van der Waals surface area (Å²) in [7, 11) is 0. The molecule has 2 heteroatoms. The van der Waals surface area contributed by atoms with Gasteiger partial charge in [0.1, 0.15) is 11.2 Å². The Kier molecular flexibility index (Phi) is 7.23. The fourth-order valence-electron chi connectivity index (χ4n) is 9.14. The Morgan fingerprint density at radius 3 is 1.73 bits per heavy atom. The van der Waals surface area contributed by atoms with Gasteiger partial charge in [-0.05, 0) is 106 Å². The van der Waals surface area contributed by atoms with Crippen LogP contribution in [0.5, 0.6) is 0 Å². The standard InChI is InChI=1S/C57H41NO/c1-38-19-27-43(28-20-38)57(44-29-21-39(2)22-30-44)53-17-8-6-13-49(53)50-36-35-47(37-54(50)57)58(45-31-23-41(24-32-45)40-11-4-3-5-12-40)46-33-25-42(26-34-46)48-15-10-16-52-51-14-7-9-18-55(51)59-56(48)52/h3-37H,1-2H3/i25D,26D,33D,34D. The summed E-state index contributed by atoms with van der Waals surface area (Å²) in [6.45, 7) is 4.22. The lowest BCUT2D eigenvalue weighted by Crippen LogP contribution is -2.29. The van der Waals surface area contributed by atoms with E-state index in [0.29, 0.717) is 28.1 Å². The van der Waals surface area contributed by atoms with Gasteiger partial charge >= 0.3 is 0 Å². The molecule has 59 heavy (non-hydrogen) atoms. The molecule has 280 valence electrons. The molecule has 10 aromatic rings. The lowest BCUT2D eigenvalue weighted by molar-refractivity contribution is 0.670. The highest BCUT2D eigenvalue weighted by molar-refractivity contribution is 6.09. The molecule has 1 heterocycles. The molecule has 0 N–H and O–H groups in total. The van der Waals surface area contributed by atoms with E-state index in [1.807, 2.05) is 77.7 Å². The third-order valence-corrected chi connectivity index (χ3v) is 12.0. The Labute approximate surface area is 350 Å². The molecule has 1 aliphatic rings. The number of rotatable bonds is 7. The Morgan fingerprint density at radius 2 is 1.00 bits per heavy atom. The van der Waals surface area contributed by atoms with Crippen molar-refractivity contribution in [2.75, 3.05) is 4.90 Å². The van der Waals surface area contributed by atoms with Crippen LogP contribution >= 0.6 is 0 Å². The first-order valence-electron chi connectivity index (χ1n) is 22.1. The molecule has 9 aromatic carbocycles. The number of benzene rings is 9. The maximum atomic E-state index is 9.83. The molecule has 0 spiro atoms. The molecule has 0 unspecified atom stereocenters. The van der Waals surface area contributed by atoms with Crippen molar-refractivity contribution >= 4 is 39.0 Å². The molecule has 1 aliphatic carbocycles. The second kappa shape index (κ2) is 13.9. The lowest BCUT2D eigenvalue weighted by atomic mass is 9.67. The number of aryl methyl sites for hydroxylation is 2. The first-order chi connectivity index (χ1) is 30.7. The lowest BCUT2D eigenvalue weighted by Gasteiger charge is -2.35. The van der Waals surface area contributed by atoms with E-state index < -0.39 is 5.41 Å². The van der Waals surface area contributed by atoms with Gasteiger partial charge in [-0.2, -0.15) is 0 Å². The van der Waals surface area contributed by atoms with E-state index in [0.717, 1.165) is 49.7 Å². The SMILES string of the molecule is [2H]c1c([2H])c(N(c2ccc(-c3ccccc3)cc2)c2ccc3c(c2)C(c2ccc(C)cc2)(c2ccc(C)cc2)c2ccccc2-3)c([2H])c([2H])c1-c1cccc2c1oc1ccccc12. The van der Waals surface area contributed by atoms with Gasteiger partial charge in [0.2, 0.25) is 0 Å². The van der Waals surface area contributed by atoms with Crippen LogP contribution in [0.2, 0.25) is 0 Å². The maximum absolute atomic E-state index is 9.83. The average Bonchev–Trinajstić information content (AvgIpc) is 3.85. The van der Waals surface area contributed by atoms with Gasteiger partial charge in [0.05, 0.1) is 10.9 Å². The van der Waals surface area contributed by atoms with Crippen molar-refractivity contribution in [3.63, 3.8) is 0 Å². The number of nitrogens with zero attached hydrogens (tertiary/aromatic N) is 1. The third kappa shape index (κ3) is 5.63. The molecule has 0 bridgehead atoms. The predicted molar refractivity (Wildman–Crippen MR) is 246 cm³/mol. The minimum atomic E-state index is -0.698. The van der Waals surface area contributed by atoms with Crippen LogP contribution in [0.25, 0.3) is 55.3 Å². The van der Waals surface area contributed by atoms with Crippen molar-refractivity contribution in [2.24, 2.45) is 0 Å². The number of hydrogen-bond donors (Lipinski definition) is 0. The van der Waals surface area contributed by atoms with E-state index in [4.69, 9.17) is 4.42 Å². The van der Waals surface area contributed by atoms with Gasteiger partial charge < -0.3 is 9.32 Å². The van der Waals surface area contributed by atoms with Gasteiger partial charge in [0.25, 0.3) is 0 Å². The van der Waals surface area contributed by atoms with Crippen molar-refractivity contribution in [1.82, 2.24) is 0 Å². The zero-order valence-electron chi connectivity index (χ0n) is 36.8. The van der Waals surface area contributed by atoms with Crippen LogP contribution in [-0.2, 0) is 5.41 Å². The Bertz CT molecular complexity index is 3320. The summed E-state index contributed by atoms with van der Waals surface area (Å²) in [4.78, 5) is 1.90. The largest absolute Gasteiger partial charge is 0.455 e. The first kappa shape index (κ1) is 30.7. The van der Waals surface area contributed by atoms with Crippen molar-refractivity contribution in [3.05, 3.63) is 246 Å². The third-order valence-electron chi connectivity index (χ3n) is 12.0. The smallest absolute Gasteiger partial charge is 0.143 e. The van der Waals surface area contributed by atoms with Crippen LogP contribution in [0, 0.1) is 13.8 Å². The predicted octanol–water partition coefficient (Wildman–Crippen LogP) is 15.4. The number of para-hydroxylation sites is 2. The molecule has 2 nitrogen and oxygen atoms in total. The molecule has 0 atom stereocenters. The molecule has 0 saturated heterocycles. The minimum Gasteiger partial charge on any atom is -0.455 e. The summed E-state index contributed by atoms with van der Waals surface area (Å²) in [5.41, 5.74) is 14.0. The zero-order valence-corrected chi connectivity index (χ0v) is 32.8. The van der Waals surface area contributed by atoms with E-state index in [9.17, 15) is 5.48 Å². The number of hydrogen-bond acceptors (Lipinski definition) is 2. The molecule has 0 radical (unpaired) electrons. The Hall–Kier alpha value is -7.42. The van der Waals surface area contributed by atoms with Crippen molar-refractivity contribution in [3.8, 4) is 33.4 Å². The van der Waals surface area contributed by atoms with Gasteiger partial charge in [-0.3, -0.25) is 0 Å². The summed E-state index contributed by atoms with van der Waals surface area (Å²) in [6.07, 6.45) is 0. The summed E-state index contributed by atoms with van der Waals surface area (Å²) >= 11 is 0. The highest BCUT2D eigenvalue weighted by Gasteiger charge is 2.46. The summed E-state index contributed by atoms with van der Waals surface area (Å²) in [6, 6.07) is 63.8. The second-order valence-corrected chi connectivity index (χ2v) is 15.5. The molecule has 0 saturated carbocycles. The van der Waals surface area contributed by atoms with Crippen LogP contribution in [0.15, 0.2) is 217 Å². The summed E-state index contributed by atoms with van der Waals surface area (Å²) in [5, 5.41) is 1.78. The normalized spacial score (nSPS) is 13.7. The quantitative estimate of drug-likeness (QED) is 0.161. The van der Waals surface area contributed by atoms with Crippen LogP contribution < -0.4 is 4.90 Å². The maximum Gasteiger partial charge on any atom is 0.143 e. The van der Waals surface area contributed by atoms with E-state index >= 15 is 0 Å². The number of anilines is 3. The molecule has 11 rings (SSSR count). The summed E-state index contributed by atoms with van der Waals surface area (Å²) in [5.74, 6) is 0. The van der Waals surface area contributed by atoms with Gasteiger partial charge in [0.15, 0.2) is 0 Å². The zero-order chi connectivity index (χ0) is 43.0. The van der Waals surface area contributed by atoms with Crippen molar-refractivity contribution < 1.29 is 9.90 Å². The number of furan rings is 1. The van der Waals surface area contributed by atoms with Crippen LogP contribution in [0.1, 0.15) is 38.9 Å². The van der Waals surface area contributed by atoms with E-state index in [1.165, 1.54) is 16.7 Å². The molecule has 0 amide bonds. The van der Waals surface area contributed by atoms with E-state index in [1.54, 1.807) is 0 Å². The van der Waals surface area contributed by atoms with Gasteiger partial charge in [0, 0.05) is 33.4 Å². The fraction of sp³-hybridized carbons (Fsp3) is 0.0526. The number of fused-ring (bicyclic) bond motifs is 6. The molecular weight excluding hydrogens is 715 g/mol. The van der Waals surface area contributed by atoms with Crippen molar-refractivity contribution in [2.45, 2.75) is 19.3 Å². The topological polar surface area (TPSA) is 16.4 Å². The van der Waals surface area contributed by atoms with Crippen LogP contribution in [-0.4, -0.2) is 0 Å². The van der Waals surface area contributed by atoms with Gasteiger partial charge in [-0.25, -0.2) is 0 Å². The second-order valence-electron chi connectivity index (χ2n) is 15.5. The Balaban J connectivity index is 1.17. The van der Waals surface area contributed by atoms with Gasteiger partial charge in [-0.15, -0.1) is 0 Å². The van der Waals surface area contributed by atoms with E-state index in [-0.39, 0.29) is 35.4 Å². The van der Waals surface area contributed by atoms with Gasteiger partial charge in [-0.1, -0.05) is 181 Å². The summed E-state index contributed by atoms with van der Waals surface area (Å²) < 4.78 is 45.3. The highest BCUT2D eigenvalue weighted by atomic mass is 16.3. The average molecular weight is 760 g/mol. The molecular formula is C57H41NO. The minimum absolute atomic E-state index is 0.146. The monoisotopic (exact) mass is 759 g/mol. The molecule has 0 aliphatic heterocycles. The highest BCUT2D eigenvalue weighted by Crippen LogP contribution is 2.57.